The minimum Gasteiger partial charge on any atom is -0.376 e. The van der Waals surface area contributed by atoms with Crippen LogP contribution in [0.15, 0.2) is 29.4 Å². The summed E-state index contributed by atoms with van der Waals surface area (Å²) in [7, 11) is 1.63. The molecule has 32 heavy (non-hydrogen) atoms. The minimum atomic E-state index is -0.0340. The maximum absolute atomic E-state index is 13.3. The number of hydrazone groups is 1. The zero-order valence-corrected chi connectivity index (χ0v) is 19.5. The molecule has 1 atom stereocenters. The molecule has 7 heteroatoms. The number of amides is 2. The standard InChI is InChI=1S/C25H36N4O3/c1-19-6-3-4-7-21(19)17-28-13-11-20(12-14-28)16-29(18-22-8-5-15-32-22)25(31)23-9-10-24(30)27(2)26-23/h3-4,6-7,20,22H,5,8-18H2,1-2H3/t22-/m0/s1. The van der Waals surface area contributed by atoms with Gasteiger partial charge in [0.15, 0.2) is 0 Å². The van der Waals surface area contributed by atoms with E-state index >= 15 is 0 Å². The summed E-state index contributed by atoms with van der Waals surface area (Å²) in [5.74, 6) is 0.424. The first kappa shape index (κ1) is 22.9. The molecule has 7 nitrogen and oxygen atoms in total. The van der Waals surface area contributed by atoms with E-state index in [1.807, 2.05) is 4.90 Å². The number of benzene rings is 1. The Morgan fingerprint density at radius 2 is 1.94 bits per heavy atom. The zero-order chi connectivity index (χ0) is 22.5. The van der Waals surface area contributed by atoms with Gasteiger partial charge in [0.05, 0.1) is 6.10 Å². The summed E-state index contributed by atoms with van der Waals surface area (Å²) in [6, 6.07) is 8.60. The molecule has 2 saturated heterocycles. The molecule has 0 bridgehead atoms. The first-order valence-corrected chi connectivity index (χ1v) is 12.0. The number of rotatable bonds is 7. The Morgan fingerprint density at radius 1 is 1.16 bits per heavy atom. The van der Waals surface area contributed by atoms with E-state index in [1.165, 1.54) is 16.1 Å². The van der Waals surface area contributed by atoms with E-state index in [0.717, 1.165) is 58.5 Å². The van der Waals surface area contributed by atoms with E-state index in [0.29, 0.717) is 31.0 Å². The lowest BCUT2D eigenvalue weighted by Crippen LogP contribution is -2.47. The summed E-state index contributed by atoms with van der Waals surface area (Å²) in [4.78, 5) is 29.6. The SMILES string of the molecule is Cc1ccccc1CN1CCC(CN(C[C@@H]2CCCO2)C(=O)C2=NN(C)C(=O)CC2)CC1. The second kappa shape index (κ2) is 10.6. The van der Waals surface area contributed by atoms with Crippen molar-refractivity contribution in [2.24, 2.45) is 11.0 Å². The number of carbonyl (C=O) groups is 2. The summed E-state index contributed by atoms with van der Waals surface area (Å²) in [6.45, 7) is 7.43. The van der Waals surface area contributed by atoms with Crippen molar-refractivity contribution in [1.29, 1.82) is 0 Å². The lowest BCUT2D eigenvalue weighted by molar-refractivity contribution is -0.131. The van der Waals surface area contributed by atoms with Gasteiger partial charge in [0.2, 0.25) is 5.91 Å². The molecule has 4 rings (SSSR count). The van der Waals surface area contributed by atoms with Gasteiger partial charge in [-0.05, 0) is 62.7 Å². The first-order valence-electron chi connectivity index (χ1n) is 12.0. The van der Waals surface area contributed by atoms with Crippen LogP contribution in [0.25, 0.3) is 0 Å². The van der Waals surface area contributed by atoms with Crippen LogP contribution < -0.4 is 0 Å². The van der Waals surface area contributed by atoms with Gasteiger partial charge in [-0.15, -0.1) is 0 Å². The van der Waals surface area contributed by atoms with Gasteiger partial charge in [0, 0.05) is 46.1 Å². The molecule has 1 aromatic rings. The topological polar surface area (TPSA) is 65.5 Å². The van der Waals surface area contributed by atoms with Crippen LogP contribution in [0, 0.1) is 12.8 Å². The summed E-state index contributed by atoms with van der Waals surface area (Å²) < 4.78 is 5.84. The van der Waals surface area contributed by atoms with Crippen molar-refractivity contribution in [3.63, 3.8) is 0 Å². The highest BCUT2D eigenvalue weighted by atomic mass is 16.5. The molecule has 3 aliphatic rings. The molecule has 1 aromatic carbocycles. The molecule has 2 amide bonds. The lowest BCUT2D eigenvalue weighted by Gasteiger charge is -2.36. The average molecular weight is 441 g/mol. The van der Waals surface area contributed by atoms with Crippen LogP contribution in [0.3, 0.4) is 0 Å². The zero-order valence-electron chi connectivity index (χ0n) is 19.5. The molecule has 0 aliphatic carbocycles. The van der Waals surface area contributed by atoms with Gasteiger partial charge in [-0.3, -0.25) is 14.5 Å². The molecule has 0 radical (unpaired) electrons. The Labute approximate surface area is 191 Å². The largest absolute Gasteiger partial charge is 0.376 e. The Kier molecular flexibility index (Phi) is 7.58. The molecule has 3 aliphatic heterocycles. The van der Waals surface area contributed by atoms with Crippen molar-refractivity contribution in [1.82, 2.24) is 14.8 Å². The van der Waals surface area contributed by atoms with Crippen molar-refractivity contribution in [3.8, 4) is 0 Å². The number of aryl methyl sites for hydroxylation is 1. The predicted octanol–water partition coefficient (Wildman–Crippen LogP) is 2.82. The molecule has 0 unspecified atom stereocenters. The van der Waals surface area contributed by atoms with Crippen molar-refractivity contribution in [2.75, 3.05) is 39.8 Å². The number of piperidine rings is 1. The van der Waals surface area contributed by atoms with Crippen LogP contribution in [-0.2, 0) is 20.9 Å². The molecular weight excluding hydrogens is 404 g/mol. The third-order valence-electron chi connectivity index (χ3n) is 7.03. The Bertz CT molecular complexity index is 841. The number of hydrogen-bond donors (Lipinski definition) is 0. The van der Waals surface area contributed by atoms with Crippen LogP contribution in [0.2, 0.25) is 0 Å². The fourth-order valence-electron chi connectivity index (χ4n) is 4.95. The van der Waals surface area contributed by atoms with Crippen molar-refractivity contribution >= 4 is 17.5 Å². The molecule has 0 aromatic heterocycles. The predicted molar refractivity (Wildman–Crippen MR) is 124 cm³/mol. The quantitative estimate of drug-likeness (QED) is 0.654. The molecule has 0 spiro atoms. The number of ether oxygens (including phenoxy) is 1. The highest BCUT2D eigenvalue weighted by Crippen LogP contribution is 2.23. The summed E-state index contributed by atoms with van der Waals surface area (Å²) in [5.41, 5.74) is 3.25. The van der Waals surface area contributed by atoms with Crippen molar-refractivity contribution in [2.45, 2.75) is 58.1 Å². The summed E-state index contributed by atoms with van der Waals surface area (Å²) >= 11 is 0. The van der Waals surface area contributed by atoms with Crippen LogP contribution >= 0.6 is 0 Å². The van der Waals surface area contributed by atoms with E-state index in [1.54, 1.807) is 7.05 Å². The van der Waals surface area contributed by atoms with Crippen LogP contribution in [0.4, 0.5) is 0 Å². The van der Waals surface area contributed by atoms with Crippen LogP contribution in [0.5, 0.6) is 0 Å². The van der Waals surface area contributed by atoms with E-state index in [4.69, 9.17) is 4.74 Å². The smallest absolute Gasteiger partial charge is 0.270 e. The van der Waals surface area contributed by atoms with Gasteiger partial charge in [-0.1, -0.05) is 24.3 Å². The van der Waals surface area contributed by atoms with E-state index < -0.39 is 0 Å². The fourth-order valence-corrected chi connectivity index (χ4v) is 4.95. The molecular formula is C25H36N4O3. The Hall–Kier alpha value is -2.25. The molecule has 0 saturated carbocycles. The van der Waals surface area contributed by atoms with Crippen molar-refractivity contribution in [3.05, 3.63) is 35.4 Å². The number of carbonyl (C=O) groups excluding carboxylic acids is 2. The highest BCUT2D eigenvalue weighted by Gasteiger charge is 2.31. The third-order valence-corrected chi connectivity index (χ3v) is 7.03. The van der Waals surface area contributed by atoms with Gasteiger partial charge in [0.25, 0.3) is 5.91 Å². The summed E-state index contributed by atoms with van der Waals surface area (Å²) in [6.07, 6.45) is 5.14. The molecule has 3 heterocycles. The second-order valence-corrected chi connectivity index (χ2v) is 9.46. The maximum atomic E-state index is 13.3. The lowest BCUT2D eigenvalue weighted by atomic mass is 9.95. The van der Waals surface area contributed by atoms with Gasteiger partial charge < -0.3 is 9.64 Å². The number of hydrogen-bond acceptors (Lipinski definition) is 5. The first-order chi connectivity index (χ1) is 15.5. The maximum Gasteiger partial charge on any atom is 0.270 e. The van der Waals surface area contributed by atoms with E-state index in [-0.39, 0.29) is 17.9 Å². The van der Waals surface area contributed by atoms with Gasteiger partial charge in [0.1, 0.15) is 5.71 Å². The number of likely N-dealkylation sites (tertiary alicyclic amines) is 1. The minimum absolute atomic E-state index is 0.0258. The fraction of sp³-hybridized carbons (Fsp3) is 0.640. The normalized spacial score (nSPS) is 22.8. The monoisotopic (exact) mass is 440 g/mol. The van der Waals surface area contributed by atoms with Crippen LogP contribution in [-0.4, -0.2) is 78.3 Å². The van der Waals surface area contributed by atoms with E-state index in [9.17, 15) is 9.59 Å². The summed E-state index contributed by atoms with van der Waals surface area (Å²) in [5, 5.41) is 5.59. The highest BCUT2D eigenvalue weighted by molar-refractivity contribution is 6.39. The average Bonchev–Trinajstić information content (AvgIpc) is 3.31. The van der Waals surface area contributed by atoms with E-state index in [2.05, 4.69) is 41.2 Å². The molecule has 174 valence electrons. The molecule has 2 fully saturated rings. The van der Waals surface area contributed by atoms with Gasteiger partial charge in [-0.25, -0.2) is 5.01 Å². The van der Waals surface area contributed by atoms with Crippen LogP contribution in [0.1, 0.15) is 49.7 Å². The third kappa shape index (κ3) is 5.75. The molecule has 0 N–H and O–H groups in total. The van der Waals surface area contributed by atoms with Crippen molar-refractivity contribution < 1.29 is 14.3 Å². The second-order valence-electron chi connectivity index (χ2n) is 9.46. The number of nitrogens with zero attached hydrogens (tertiary/aromatic N) is 4. The Balaban J connectivity index is 1.36. The Morgan fingerprint density at radius 3 is 2.62 bits per heavy atom. The van der Waals surface area contributed by atoms with Gasteiger partial charge >= 0.3 is 0 Å². The van der Waals surface area contributed by atoms with Gasteiger partial charge in [-0.2, -0.15) is 5.10 Å².